The smallest absolute Gasteiger partial charge is 0.296 e. The molecule has 0 saturated heterocycles. The van der Waals surface area contributed by atoms with Crippen LogP contribution in [0.2, 0.25) is 0 Å². The summed E-state index contributed by atoms with van der Waals surface area (Å²) in [5.41, 5.74) is 0.0654. The van der Waals surface area contributed by atoms with Gasteiger partial charge in [0.15, 0.2) is 0 Å². The predicted octanol–water partition coefficient (Wildman–Crippen LogP) is 4.47. The maximum atomic E-state index is 6.18. The highest BCUT2D eigenvalue weighted by atomic mass is 35.7. The second-order valence-electron chi connectivity index (χ2n) is 5.58. The van der Waals surface area contributed by atoms with Crippen molar-refractivity contribution >= 4 is 18.9 Å². The van der Waals surface area contributed by atoms with Gasteiger partial charge in [0.05, 0.1) is 0 Å². The van der Waals surface area contributed by atoms with Crippen molar-refractivity contribution in [2.45, 2.75) is 47.1 Å². The maximum absolute atomic E-state index is 6.18. The van der Waals surface area contributed by atoms with Crippen LogP contribution in [0.4, 0.5) is 0 Å². The topological polar surface area (TPSA) is 12.5 Å². The van der Waals surface area contributed by atoms with Crippen molar-refractivity contribution in [3.63, 3.8) is 0 Å². The second-order valence-corrected chi connectivity index (χ2v) is 7.51. The maximum Gasteiger partial charge on any atom is 0.296 e. The molecule has 1 unspecified atom stereocenters. The van der Waals surface area contributed by atoms with E-state index < -0.39 is 7.65 Å². The van der Waals surface area contributed by atoms with Crippen molar-refractivity contribution in [2.75, 3.05) is 0 Å². The van der Waals surface area contributed by atoms with Gasteiger partial charge in [0, 0.05) is 17.2 Å². The van der Waals surface area contributed by atoms with Crippen molar-refractivity contribution in [3.8, 4) is 0 Å². The quantitative estimate of drug-likeness (QED) is 0.575. The van der Waals surface area contributed by atoms with Gasteiger partial charge in [0.2, 0.25) is 0 Å². The van der Waals surface area contributed by atoms with Crippen molar-refractivity contribution in [3.05, 3.63) is 12.0 Å². The van der Waals surface area contributed by atoms with Gasteiger partial charge in [-0.15, -0.1) is 0 Å². The Balaban J connectivity index is 2.88. The fourth-order valence-electron chi connectivity index (χ4n) is 1.07. The highest BCUT2D eigenvalue weighted by molar-refractivity contribution is 7.78. The van der Waals surface area contributed by atoms with Gasteiger partial charge >= 0.3 is 0 Å². The van der Waals surface area contributed by atoms with Crippen LogP contribution in [0.25, 0.3) is 0 Å². The van der Waals surface area contributed by atoms with E-state index in [4.69, 9.17) is 15.8 Å². The normalized spacial score (nSPS) is 23.5. The summed E-state index contributed by atoms with van der Waals surface area (Å²) in [5, 5.41) is 0. The largest absolute Gasteiger partial charge is 0.443 e. The number of hydrogen-bond donors (Lipinski definition) is 0. The number of hydrogen-bond acceptors (Lipinski definition) is 2. The minimum Gasteiger partial charge on any atom is -0.443 e. The van der Waals surface area contributed by atoms with Crippen molar-refractivity contribution < 1.29 is 4.52 Å². The van der Waals surface area contributed by atoms with E-state index in [1.54, 1.807) is 0 Å². The van der Waals surface area contributed by atoms with Crippen molar-refractivity contribution in [1.29, 1.82) is 0 Å². The van der Waals surface area contributed by atoms with Gasteiger partial charge in [0.1, 0.15) is 5.76 Å². The van der Waals surface area contributed by atoms with E-state index in [2.05, 4.69) is 52.4 Å². The first-order valence-corrected chi connectivity index (χ1v) is 6.89. The molecular formula is C10H19ClNOP. The zero-order valence-corrected chi connectivity index (χ0v) is 11.4. The predicted molar refractivity (Wildman–Crippen MR) is 63.0 cm³/mol. The van der Waals surface area contributed by atoms with Crippen LogP contribution in [-0.2, 0) is 4.52 Å². The number of rotatable bonds is 0. The molecule has 0 spiro atoms. The summed E-state index contributed by atoms with van der Waals surface area (Å²) in [7, 11) is -1.01. The zero-order valence-electron chi connectivity index (χ0n) is 9.76. The average molecular weight is 236 g/mol. The molecule has 0 saturated carbocycles. The molecule has 1 aliphatic heterocycles. The van der Waals surface area contributed by atoms with E-state index in [0.29, 0.717) is 0 Å². The molecule has 0 N–H and O–H groups in total. The Labute approximate surface area is 92.9 Å². The van der Waals surface area contributed by atoms with Crippen LogP contribution in [0.3, 0.4) is 0 Å². The fraction of sp³-hybridized carbons (Fsp3) is 0.800. The van der Waals surface area contributed by atoms with Gasteiger partial charge in [-0.3, -0.25) is 0 Å². The van der Waals surface area contributed by atoms with E-state index in [0.717, 1.165) is 5.76 Å². The minimum atomic E-state index is -1.01. The lowest BCUT2D eigenvalue weighted by Crippen LogP contribution is -2.30. The van der Waals surface area contributed by atoms with Crippen LogP contribution in [0.1, 0.15) is 41.5 Å². The van der Waals surface area contributed by atoms with Crippen LogP contribution in [-0.4, -0.2) is 10.2 Å². The first-order valence-electron chi connectivity index (χ1n) is 4.78. The summed E-state index contributed by atoms with van der Waals surface area (Å²) < 4.78 is 7.78. The molecular weight excluding hydrogens is 217 g/mol. The highest BCUT2D eigenvalue weighted by Crippen LogP contribution is 2.59. The molecule has 0 amide bonds. The third kappa shape index (κ3) is 2.55. The lowest BCUT2D eigenvalue weighted by Gasteiger charge is -2.31. The van der Waals surface area contributed by atoms with Gasteiger partial charge in [0.25, 0.3) is 7.65 Å². The third-order valence-corrected chi connectivity index (χ3v) is 4.11. The first-order chi connectivity index (χ1) is 6.12. The molecule has 0 aromatic carbocycles. The summed E-state index contributed by atoms with van der Waals surface area (Å²) in [4.78, 5) is 0. The molecule has 0 aromatic heterocycles. The van der Waals surface area contributed by atoms with Gasteiger partial charge in [-0.25, -0.2) is 0 Å². The van der Waals surface area contributed by atoms with Crippen LogP contribution in [0.15, 0.2) is 12.0 Å². The Kier molecular flexibility index (Phi) is 3.10. The van der Waals surface area contributed by atoms with E-state index in [9.17, 15) is 0 Å². The molecule has 1 heterocycles. The molecule has 1 rings (SSSR count). The molecule has 1 atom stereocenters. The van der Waals surface area contributed by atoms with Gasteiger partial charge in [-0.2, -0.15) is 0 Å². The molecule has 82 valence electrons. The lowest BCUT2D eigenvalue weighted by molar-refractivity contribution is 0.323. The number of allylic oxidation sites excluding steroid dienone is 1. The van der Waals surface area contributed by atoms with E-state index in [-0.39, 0.29) is 11.0 Å². The molecule has 1 aliphatic rings. The molecule has 0 bridgehead atoms. The summed E-state index contributed by atoms with van der Waals surface area (Å²) >= 11 is 6.18. The van der Waals surface area contributed by atoms with E-state index >= 15 is 0 Å². The van der Waals surface area contributed by atoms with E-state index in [1.807, 2.05) is 0 Å². The molecule has 0 fully saturated rings. The van der Waals surface area contributed by atoms with Crippen LogP contribution in [0.5, 0.6) is 0 Å². The molecule has 4 heteroatoms. The minimum absolute atomic E-state index is 0.0282. The SMILES string of the molecule is CC(C)(C)C1=CN(C(C)(C)C)P(Cl)O1. The first kappa shape index (κ1) is 12.1. The monoisotopic (exact) mass is 235 g/mol. The van der Waals surface area contributed by atoms with E-state index in [1.165, 1.54) is 0 Å². The summed E-state index contributed by atoms with van der Waals surface area (Å²) in [5.74, 6) is 0.980. The zero-order chi connectivity index (χ0) is 11.1. The summed E-state index contributed by atoms with van der Waals surface area (Å²) in [6, 6.07) is 0. The molecule has 2 nitrogen and oxygen atoms in total. The lowest BCUT2D eigenvalue weighted by atomic mass is 9.94. The van der Waals surface area contributed by atoms with Crippen LogP contribution in [0, 0.1) is 5.41 Å². The van der Waals surface area contributed by atoms with Gasteiger partial charge in [-0.1, -0.05) is 20.8 Å². The fourth-order valence-corrected chi connectivity index (χ4v) is 3.34. The summed E-state index contributed by atoms with van der Waals surface area (Å²) in [6.45, 7) is 12.8. The third-order valence-electron chi connectivity index (χ3n) is 2.01. The molecule has 0 aromatic rings. The Hall–Kier alpha value is 0.0600. The highest BCUT2D eigenvalue weighted by Gasteiger charge is 2.37. The Morgan fingerprint density at radius 3 is 1.93 bits per heavy atom. The number of halogens is 1. The molecule has 0 radical (unpaired) electrons. The Morgan fingerprint density at radius 1 is 1.21 bits per heavy atom. The number of nitrogens with zero attached hydrogens (tertiary/aromatic N) is 1. The Morgan fingerprint density at radius 2 is 1.71 bits per heavy atom. The summed E-state index contributed by atoms with van der Waals surface area (Å²) in [6.07, 6.45) is 2.05. The Bertz CT molecular complexity index is 252. The average Bonchev–Trinajstić information content (AvgIpc) is 2.27. The van der Waals surface area contributed by atoms with Gasteiger partial charge in [-0.05, 0) is 32.0 Å². The molecule has 14 heavy (non-hydrogen) atoms. The van der Waals surface area contributed by atoms with Crippen molar-refractivity contribution in [2.24, 2.45) is 5.41 Å². The molecule has 0 aliphatic carbocycles. The van der Waals surface area contributed by atoms with Crippen molar-refractivity contribution in [1.82, 2.24) is 4.67 Å². The van der Waals surface area contributed by atoms with Crippen LogP contribution < -0.4 is 0 Å². The second kappa shape index (κ2) is 3.57. The van der Waals surface area contributed by atoms with Crippen LogP contribution >= 0.6 is 18.9 Å². The van der Waals surface area contributed by atoms with Gasteiger partial charge < -0.3 is 9.19 Å². The standard InChI is InChI=1S/C10H19ClNOP/c1-9(2,3)8-7-12(10(4,5)6)14(11)13-8/h7H,1-6H3.